The van der Waals surface area contributed by atoms with E-state index in [2.05, 4.69) is 12.1 Å². The second-order valence-corrected chi connectivity index (χ2v) is 8.50. The Kier molecular flexibility index (Phi) is 5.25. The lowest BCUT2D eigenvalue weighted by Gasteiger charge is -2.43. The number of rotatable bonds is 5. The van der Waals surface area contributed by atoms with Crippen LogP contribution >= 0.6 is 11.8 Å². The van der Waals surface area contributed by atoms with Gasteiger partial charge < -0.3 is 14.2 Å². The van der Waals surface area contributed by atoms with Gasteiger partial charge in [0.05, 0.1) is 23.4 Å². The van der Waals surface area contributed by atoms with Crippen molar-refractivity contribution in [1.82, 2.24) is 9.80 Å². The maximum atomic E-state index is 12.6. The maximum absolute atomic E-state index is 12.6. The van der Waals surface area contributed by atoms with Gasteiger partial charge in [-0.2, -0.15) is 0 Å². The predicted molar refractivity (Wildman–Crippen MR) is 105 cm³/mol. The molecule has 2 amide bonds. The predicted octanol–water partition coefficient (Wildman–Crippen LogP) is 3.31. The molecule has 0 atom stereocenters. The smallest absolute Gasteiger partial charge is 0.234 e. The van der Waals surface area contributed by atoms with E-state index in [-0.39, 0.29) is 16.7 Å². The summed E-state index contributed by atoms with van der Waals surface area (Å²) in [4.78, 5) is 28.8. The second-order valence-electron chi connectivity index (χ2n) is 7.16. The highest BCUT2D eigenvalue weighted by Gasteiger charge is 2.48. The Morgan fingerprint density at radius 3 is 2.59 bits per heavy atom. The summed E-state index contributed by atoms with van der Waals surface area (Å²) in [7, 11) is 0. The Morgan fingerprint density at radius 1 is 1.11 bits per heavy atom. The zero-order valence-electron chi connectivity index (χ0n) is 15.3. The largest absolute Gasteiger partial charge is 0.467 e. The molecular weight excluding hydrogens is 360 g/mol. The van der Waals surface area contributed by atoms with Gasteiger partial charge in [0.1, 0.15) is 5.76 Å². The summed E-state index contributed by atoms with van der Waals surface area (Å²) >= 11 is 1.72. The van der Waals surface area contributed by atoms with Gasteiger partial charge in [-0.25, -0.2) is 0 Å². The van der Waals surface area contributed by atoms with E-state index >= 15 is 0 Å². The second kappa shape index (κ2) is 7.80. The average molecular weight is 385 g/mol. The molecule has 3 heterocycles. The van der Waals surface area contributed by atoms with Gasteiger partial charge >= 0.3 is 0 Å². The van der Waals surface area contributed by atoms with Crippen LogP contribution in [0.4, 0.5) is 0 Å². The lowest BCUT2D eigenvalue weighted by Crippen LogP contribution is -2.52. The summed E-state index contributed by atoms with van der Waals surface area (Å²) in [5, 5.41) is 0. The summed E-state index contributed by atoms with van der Waals surface area (Å²) in [6.45, 7) is 1.94. The van der Waals surface area contributed by atoms with E-state index < -0.39 is 0 Å². The highest BCUT2D eigenvalue weighted by atomic mass is 32.2. The van der Waals surface area contributed by atoms with Crippen molar-refractivity contribution in [3.63, 3.8) is 0 Å². The fourth-order valence-electron chi connectivity index (χ4n) is 3.94. The van der Waals surface area contributed by atoms with E-state index in [0.717, 1.165) is 25.0 Å². The summed E-state index contributed by atoms with van der Waals surface area (Å²) in [5.74, 6) is 1.70. The minimum Gasteiger partial charge on any atom is -0.467 e. The number of carbonyl (C=O) groups is 2. The van der Waals surface area contributed by atoms with E-state index in [1.165, 1.54) is 5.56 Å². The van der Waals surface area contributed by atoms with Crippen LogP contribution in [0.1, 0.15) is 30.6 Å². The number of furan rings is 1. The number of piperidine rings is 1. The monoisotopic (exact) mass is 384 g/mol. The maximum Gasteiger partial charge on any atom is 0.234 e. The Labute approximate surface area is 163 Å². The number of hydrogen-bond acceptors (Lipinski definition) is 4. The molecule has 2 saturated heterocycles. The summed E-state index contributed by atoms with van der Waals surface area (Å²) in [5.41, 5.74) is 1.20. The van der Waals surface area contributed by atoms with Crippen LogP contribution in [0.25, 0.3) is 0 Å². The van der Waals surface area contributed by atoms with Crippen LogP contribution in [-0.2, 0) is 22.6 Å². The van der Waals surface area contributed by atoms with E-state index in [1.807, 2.05) is 40.1 Å². The molecule has 142 valence electrons. The molecule has 1 spiro atoms. The molecule has 2 aliphatic heterocycles. The van der Waals surface area contributed by atoms with Crippen LogP contribution in [0.3, 0.4) is 0 Å². The van der Waals surface area contributed by atoms with Gasteiger partial charge in [-0.3, -0.25) is 9.59 Å². The highest BCUT2D eigenvalue weighted by molar-refractivity contribution is 8.01. The topological polar surface area (TPSA) is 53.8 Å². The molecule has 0 saturated carbocycles. The van der Waals surface area contributed by atoms with Gasteiger partial charge in [-0.15, -0.1) is 11.8 Å². The molecule has 0 bridgehead atoms. The van der Waals surface area contributed by atoms with Crippen molar-refractivity contribution in [3.8, 4) is 0 Å². The number of thioether (sulfide) groups is 1. The summed E-state index contributed by atoms with van der Waals surface area (Å²) < 4.78 is 5.44. The van der Waals surface area contributed by atoms with E-state index in [4.69, 9.17) is 4.42 Å². The summed E-state index contributed by atoms with van der Waals surface area (Å²) in [6.07, 6.45) is 4.60. The van der Waals surface area contributed by atoms with Gasteiger partial charge in [0.2, 0.25) is 11.8 Å². The molecule has 4 rings (SSSR count). The van der Waals surface area contributed by atoms with Crippen LogP contribution in [0.2, 0.25) is 0 Å². The molecule has 0 unspecified atom stereocenters. The molecule has 0 radical (unpaired) electrons. The Morgan fingerprint density at radius 2 is 1.89 bits per heavy atom. The summed E-state index contributed by atoms with van der Waals surface area (Å²) in [6, 6.07) is 13.9. The molecule has 1 aromatic carbocycles. The number of nitrogens with zero attached hydrogens (tertiary/aromatic N) is 2. The standard InChI is InChI=1S/C21H24N2O3S/c24-19(9-8-17-5-2-1-3-6-17)22-12-10-21(11-13-22)23(20(25)16-27-21)15-18-7-4-14-26-18/h1-7,14H,8-13,15-16H2. The molecule has 5 nitrogen and oxygen atoms in total. The Hall–Kier alpha value is -2.21. The molecule has 0 aliphatic carbocycles. The lowest BCUT2D eigenvalue weighted by atomic mass is 10.0. The first kappa shape index (κ1) is 18.2. The van der Waals surface area contributed by atoms with E-state index in [9.17, 15) is 9.59 Å². The first-order valence-electron chi connectivity index (χ1n) is 9.45. The minimum atomic E-state index is -0.194. The average Bonchev–Trinajstić information content (AvgIpc) is 3.32. The van der Waals surface area contributed by atoms with Crippen molar-refractivity contribution >= 4 is 23.6 Å². The quantitative estimate of drug-likeness (QED) is 0.794. The Balaban J connectivity index is 1.34. The first-order chi connectivity index (χ1) is 13.2. The Bertz CT molecular complexity index is 783. The van der Waals surface area contributed by atoms with Gasteiger partial charge in [0, 0.05) is 19.5 Å². The van der Waals surface area contributed by atoms with Crippen LogP contribution in [0.5, 0.6) is 0 Å². The molecule has 6 heteroatoms. The number of benzene rings is 1. The fourth-order valence-corrected chi connectivity index (χ4v) is 5.29. The van der Waals surface area contributed by atoms with Crippen LogP contribution < -0.4 is 0 Å². The highest BCUT2D eigenvalue weighted by Crippen LogP contribution is 2.45. The van der Waals surface area contributed by atoms with Gasteiger partial charge in [0.25, 0.3) is 0 Å². The van der Waals surface area contributed by atoms with Crippen molar-refractivity contribution in [2.45, 2.75) is 37.1 Å². The normalized spacial score (nSPS) is 19.0. The molecule has 27 heavy (non-hydrogen) atoms. The minimum absolute atomic E-state index is 0.167. The fraction of sp³-hybridized carbons (Fsp3) is 0.429. The molecule has 2 fully saturated rings. The molecule has 2 aliphatic rings. The number of likely N-dealkylation sites (tertiary alicyclic amines) is 1. The molecule has 1 aromatic heterocycles. The van der Waals surface area contributed by atoms with Crippen LogP contribution in [-0.4, -0.2) is 45.3 Å². The van der Waals surface area contributed by atoms with Crippen molar-refractivity contribution in [2.24, 2.45) is 0 Å². The number of carbonyl (C=O) groups excluding carboxylic acids is 2. The molecule has 2 aromatic rings. The number of aryl methyl sites for hydroxylation is 1. The third kappa shape index (κ3) is 3.90. The SMILES string of the molecule is O=C(CCc1ccccc1)N1CCC2(CC1)SCC(=O)N2Cc1ccco1. The molecule has 0 N–H and O–H groups in total. The third-order valence-electron chi connectivity index (χ3n) is 5.52. The van der Waals surface area contributed by atoms with Crippen molar-refractivity contribution in [3.05, 3.63) is 60.1 Å². The zero-order chi connectivity index (χ0) is 18.7. The van der Waals surface area contributed by atoms with Gasteiger partial charge in [-0.1, -0.05) is 30.3 Å². The van der Waals surface area contributed by atoms with Crippen LogP contribution in [0, 0.1) is 0 Å². The van der Waals surface area contributed by atoms with Crippen molar-refractivity contribution < 1.29 is 14.0 Å². The van der Waals surface area contributed by atoms with Crippen molar-refractivity contribution in [2.75, 3.05) is 18.8 Å². The van der Waals surface area contributed by atoms with E-state index in [1.54, 1.807) is 18.0 Å². The van der Waals surface area contributed by atoms with Crippen molar-refractivity contribution in [1.29, 1.82) is 0 Å². The van der Waals surface area contributed by atoms with Gasteiger partial charge in [0.15, 0.2) is 0 Å². The number of hydrogen-bond donors (Lipinski definition) is 0. The lowest BCUT2D eigenvalue weighted by molar-refractivity contribution is -0.135. The van der Waals surface area contributed by atoms with Crippen LogP contribution in [0.15, 0.2) is 53.1 Å². The number of amides is 2. The molecular formula is C21H24N2O3S. The van der Waals surface area contributed by atoms with Gasteiger partial charge in [-0.05, 0) is 37.0 Å². The zero-order valence-corrected chi connectivity index (χ0v) is 16.1. The third-order valence-corrected chi connectivity index (χ3v) is 7.08. The van der Waals surface area contributed by atoms with E-state index in [0.29, 0.717) is 31.8 Å². The first-order valence-corrected chi connectivity index (χ1v) is 10.4.